The maximum atomic E-state index is 12.9. The SMILES string of the molecule is CCCN1C(=O)C(=O)/C(=C(\O)c2ccc(OC)c(C(C)C)c2)C1c1ccccn1. The van der Waals surface area contributed by atoms with Crippen LogP contribution in [0, 0.1) is 0 Å². The van der Waals surface area contributed by atoms with Gasteiger partial charge in [0.2, 0.25) is 0 Å². The van der Waals surface area contributed by atoms with E-state index >= 15 is 0 Å². The standard InChI is InChI=1S/C23H26N2O4/c1-5-12-25-20(17-8-6-7-11-24-17)19(22(27)23(25)28)21(26)15-9-10-18(29-4)16(13-15)14(2)3/h6-11,13-14,20,26H,5,12H2,1-4H3/b21-19-. The van der Waals surface area contributed by atoms with E-state index in [1.54, 1.807) is 43.6 Å². The molecule has 1 fully saturated rings. The molecule has 29 heavy (non-hydrogen) atoms. The highest BCUT2D eigenvalue weighted by Crippen LogP contribution is 2.39. The molecule has 3 rings (SSSR count). The van der Waals surface area contributed by atoms with Crippen LogP contribution in [0.1, 0.15) is 56.0 Å². The zero-order valence-corrected chi connectivity index (χ0v) is 17.2. The Bertz CT molecular complexity index is 951. The summed E-state index contributed by atoms with van der Waals surface area (Å²) in [5.41, 5.74) is 2.01. The maximum Gasteiger partial charge on any atom is 0.295 e. The molecule has 2 heterocycles. The Balaban J connectivity index is 2.19. The number of carbonyl (C=O) groups is 2. The average molecular weight is 394 g/mol. The fourth-order valence-corrected chi connectivity index (χ4v) is 3.69. The van der Waals surface area contributed by atoms with Crippen molar-refractivity contribution in [2.45, 2.75) is 39.2 Å². The van der Waals surface area contributed by atoms with E-state index < -0.39 is 17.7 Å². The Labute approximate surface area is 170 Å². The molecule has 1 saturated heterocycles. The van der Waals surface area contributed by atoms with Crippen LogP contribution >= 0.6 is 0 Å². The predicted octanol–water partition coefficient (Wildman–Crippen LogP) is 4.05. The molecule has 1 amide bonds. The van der Waals surface area contributed by atoms with Gasteiger partial charge in [0.05, 0.1) is 18.4 Å². The number of hydrogen-bond donors (Lipinski definition) is 1. The van der Waals surface area contributed by atoms with Gasteiger partial charge in [-0.1, -0.05) is 26.8 Å². The first kappa shape index (κ1) is 20.6. The zero-order chi connectivity index (χ0) is 21.1. The number of likely N-dealkylation sites (tertiary alicyclic amines) is 1. The molecule has 1 atom stereocenters. The van der Waals surface area contributed by atoms with Gasteiger partial charge in [0.25, 0.3) is 11.7 Å². The highest BCUT2D eigenvalue weighted by molar-refractivity contribution is 6.46. The molecule has 0 bridgehead atoms. The van der Waals surface area contributed by atoms with Crippen molar-refractivity contribution >= 4 is 17.4 Å². The van der Waals surface area contributed by atoms with Gasteiger partial charge in [0.15, 0.2) is 0 Å². The van der Waals surface area contributed by atoms with E-state index in [0.29, 0.717) is 30.0 Å². The molecule has 0 spiro atoms. The van der Waals surface area contributed by atoms with Gasteiger partial charge >= 0.3 is 0 Å². The highest BCUT2D eigenvalue weighted by atomic mass is 16.5. The third-order valence-electron chi connectivity index (χ3n) is 5.10. The number of rotatable bonds is 6. The van der Waals surface area contributed by atoms with E-state index in [1.807, 2.05) is 26.8 Å². The van der Waals surface area contributed by atoms with Crippen molar-refractivity contribution in [3.63, 3.8) is 0 Å². The number of aliphatic hydroxyl groups is 1. The maximum absolute atomic E-state index is 12.9. The summed E-state index contributed by atoms with van der Waals surface area (Å²) in [5, 5.41) is 11.1. The Kier molecular flexibility index (Phi) is 6.01. The number of Topliss-reactive ketones (excluding diaryl/α,β-unsaturated/α-hetero) is 1. The van der Waals surface area contributed by atoms with Crippen LogP contribution in [0.2, 0.25) is 0 Å². The van der Waals surface area contributed by atoms with E-state index in [9.17, 15) is 14.7 Å². The first-order valence-electron chi connectivity index (χ1n) is 9.78. The summed E-state index contributed by atoms with van der Waals surface area (Å²) in [6.45, 7) is 6.39. The summed E-state index contributed by atoms with van der Waals surface area (Å²) in [4.78, 5) is 31.4. The Hall–Kier alpha value is -3.15. The summed E-state index contributed by atoms with van der Waals surface area (Å²) in [5.74, 6) is -0.617. The number of aromatic nitrogens is 1. The normalized spacial score (nSPS) is 18.5. The number of pyridine rings is 1. The van der Waals surface area contributed by atoms with Gasteiger partial charge in [-0.3, -0.25) is 14.6 Å². The number of carbonyl (C=O) groups excluding carboxylic acids is 2. The lowest BCUT2D eigenvalue weighted by Gasteiger charge is -2.24. The van der Waals surface area contributed by atoms with Crippen LogP contribution in [-0.4, -0.2) is 40.3 Å². The molecule has 0 saturated carbocycles. The molecule has 1 aliphatic rings. The third-order valence-corrected chi connectivity index (χ3v) is 5.10. The van der Waals surface area contributed by atoms with Crippen LogP contribution < -0.4 is 4.74 Å². The molecule has 2 aromatic rings. The summed E-state index contributed by atoms with van der Waals surface area (Å²) in [6, 6.07) is 9.90. The molecule has 1 aromatic carbocycles. The van der Waals surface area contributed by atoms with Gasteiger partial charge in [-0.2, -0.15) is 0 Å². The van der Waals surface area contributed by atoms with E-state index in [-0.39, 0.29) is 17.3 Å². The highest BCUT2D eigenvalue weighted by Gasteiger charge is 2.46. The van der Waals surface area contributed by atoms with Crippen molar-refractivity contribution in [1.82, 2.24) is 9.88 Å². The van der Waals surface area contributed by atoms with Crippen LogP contribution in [0.4, 0.5) is 0 Å². The lowest BCUT2D eigenvalue weighted by molar-refractivity contribution is -0.139. The second-order valence-electron chi connectivity index (χ2n) is 7.36. The summed E-state index contributed by atoms with van der Waals surface area (Å²) < 4.78 is 5.41. The number of benzene rings is 1. The monoisotopic (exact) mass is 394 g/mol. The number of aliphatic hydroxyl groups excluding tert-OH is 1. The molecule has 1 N–H and O–H groups in total. The number of methoxy groups -OCH3 is 1. The number of ketones is 1. The van der Waals surface area contributed by atoms with Crippen LogP contribution in [0.25, 0.3) is 5.76 Å². The minimum atomic E-state index is -0.708. The Morgan fingerprint density at radius 3 is 2.59 bits per heavy atom. The second kappa shape index (κ2) is 8.47. The van der Waals surface area contributed by atoms with Crippen molar-refractivity contribution in [3.8, 4) is 5.75 Å². The second-order valence-corrected chi connectivity index (χ2v) is 7.36. The lowest BCUT2D eigenvalue weighted by atomic mass is 9.94. The number of amides is 1. The molecule has 1 aliphatic heterocycles. The van der Waals surface area contributed by atoms with Gasteiger partial charge < -0.3 is 14.7 Å². The van der Waals surface area contributed by atoms with Crippen LogP contribution in [0.5, 0.6) is 5.75 Å². The minimum Gasteiger partial charge on any atom is -0.507 e. The molecule has 6 heteroatoms. The minimum absolute atomic E-state index is 0.0713. The van der Waals surface area contributed by atoms with E-state index in [1.165, 1.54) is 4.90 Å². The van der Waals surface area contributed by atoms with Crippen molar-refractivity contribution in [3.05, 3.63) is 65.0 Å². The van der Waals surface area contributed by atoms with Crippen molar-refractivity contribution < 1.29 is 19.4 Å². The van der Waals surface area contributed by atoms with Gasteiger partial charge in [-0.15, -0.1) is 0 Å². The fourth-order valence-electron chi connectivity index (χ4n) is 3.69. The average Bonchev–Trinajstić information content (AvgIpc) is 2.98. The van der Waals surface area contributed by atoms with Crippen LogP contribution in [0.3, 0.4) is 0 Å². The topological polar surface area (TPSA) is 79.7 Å². The lowest BCUT2D eigenvalue weighted by Crippen LogP contribution is -2.30. The van der Waals surface area contributed by atoms with Gasteiger partial charge in [0.1, 0.15) is 17.6 Å². The summed E-state index contributed by atoms with van der Waals surface area (Å²) in [6.07, 6.45) is 2.31. The van der Waals surface area contributed by atoms with Gasteiger partial charge in [-0.25, -0.2) is 0 Å². The molecule has 1 aromatic heterocycles. The Morgan fingerprint density at radius 1 is 1.24 bits per heavy atom. The molecular weight excluding hydrogens is 368 g/mol. The zero-order valence-electron chi connectivity index (χ0n) is 17.2. The molecule has 0 aliphatic carbocycles. The van der Waals surface area contributed by atoms with Gasteiger partial charge in [-0.05, 0) is 48.2 Å². The smallest absolute Gasteiger partial charge is 0.295 e. The fraction of sp³-hybridized carbons (Fsp3) is 0.348. The molecule has 6 nitrogen and oxygen atoms in total. The van der Waals surface area contributed by atoms with Crippen molar-refractivity contribution in [2.75, 3.05) is 13.7 Å². The Morgan fingerprint density at radius 2 is 2.00 bits per heavy atom. The molecule has 0 radical (unpaired) electrons. The quantitative estimate of drug-likeness (QED) is 0.454. The van der Waals surface area contributed by atoms with Gasteiger partial charge in [0, 0.05) is 18.3 Å². The molecule has 152 valence electrons. The number of hydrogen-bond acceptors (Lipinski definition) is 5. The van der Waals surface area contributed by atoms with Crippen molar-refractivity contribution in [1.29, 1.82) is 0 Å². The summed E-state index contributed by atoms with van der Waals surface area (Å²) in [7, 11) is 1.60. The first-order valence-corrected chi connectivity index (χ1v) is 9.78. The van der Waals surface area contributed by atoms with Crippen LogP contribution in [0.15, 0.2) is 48.2 Å². The molecular formula is C23H26N2O4. The van der Waals surface area contributed by atoms with E-state index in [4.69, 9.17) is 4.74 Å². The number of nitrogens with zero attached hydrogens (tertiary/aromatic N) is 2. The number of ether oxygens (including phenoxy) is 1. The molecule has 1 unspecified atom stereocenters. The third kappa shape index (κ3) is 3.75. The predicted molar refractivity (Wildman–Crippen MR) is 111 cm³/mol. The van der Waals surface area contributed by atoms with Crippen LogP contribution in [-0.2, 0) is 9.59 Å². The van der Waals surface area contributed by atoms with Crippen molar-refractivity contribution in [2.24, 2.45) is 0 Å². The first-order chi connectivity index (χ1) is 13.9. The largest absolute Gasteiger partial charge is 0.507 e. The van der Waals surface area contributed by atoms with E-state index in [0.717, 1.165) is 5.56 Å². The van der Waals surface area contributed by atoms with E-state index in [2.05, 4.69) is 4.98 Å². The summed E-state index contributed by atoms with van der Waals surface area (Å²) >= 11 is 0.